The number of nitrogens with one attached hydrogen (secondary N) is 1. The van der Waals surface area contributed by atoms with Gasteiger partial charge in [-0.15, -0.1) is 0 Å². The molecule has 2 aromatic rings. The summed E-state index contributed by atoms with van der Waals surface area (Å²) in [5.41, 5.74) is 2.28. The number of halogens is 4. The summed E-state index contributed by atoms with van der Waals surface area (Å²) in [6.07, 6.45) is -2.50. The van der Waals surface area contributed by atoms with Crippen LogP contribution < -0.4 is 5.32 Å². The number of aryl methyl sites for hydroxylation is 1. The van der Waals surface area contributed by atoms with E-state index in [0.29, 0.717) is 5.69 Å². The fourth-order valence-electron chi connectivity index (χ4n) is 2.74. The summed E-state index contributed by atoms with van der Waals surface area (Å²) in [5, 5.41) is 3.22. The predicted molar refractivity (Wildman–Crippen MR) is 80.3 cm³/mol. The monoisotopic (exact) mass is 355 g/mol. The Labute approximate surface area is 129 Å². The fourth-order valence-corrected chi connectivity index (χ4v) is 3.21. The molecular weight excluding hydrogens is 343 g/mol. The van der Waals surface area contributed by atoms with Crippen molar-refractivity contribution in [2.24, 2.45) is 0 Å². The van der Waals surface area contributed by atoms with Gasteiger partial charge in [-0.1, -0.05) is 40.2 Å². The SMILES string of the molecule is FC(F)(F)c1cc(NC2CCc3ccccc32)ccc1Br. The van der Waals surface area contributed by atoms with Crippen LogP contribution in [0.3, 0.4) is 0 Å². The lowest BCUT2D eigenvalue weighted by molar-refractivity contribution is -0.138. The summed E-state index contributed by atoms with van der Waals surface area (Å²) < 4.78 is 38.8. The molecule has 0 heterocycles. The van der Waals surface area contributed by atoms with E-state index in [1.165, 1.54) is 17.2 Å². The first-order valence-corrected chi connectivity index (χ1v) is 7.45. The first-order chi connectivity index (χ1) is 9.95. The minimum atomic E-state index is -4.36. The van der Waals surface area contributed by atoms with E-state index in [0.717, 1.165) is 18.9 Å². The smallest absolute Gasteiger partial charge is 0.378 e. The maximum absolute atomic E-state index is 12.9. The second-order valence-electron chi connectivity index (χ2n) is 5.13. The number of alkyl halides is 3. The first-order valence-electron chi connectivity index (χ1n) is 6.66. The van der Waals surface area contributed by atoms with Crippen molar-refractivity contribution >= 4 is 21.6 Å². The molecule has 1 aliphatic carbocycles. The van der Waals surface area contributed by atoms with Crippen LogP contribution in [0.5, 0.6) is 0 Å². The highest BCUT2D eigenvalue weighted by atomic mass is 79.9. The van der Waals surface area contributed by atoms with Crippen LogP contribution in [-0.4, -0.2) is 0 Å². The van der Waals surface area contributed by atoms with E-state index in [4.69, 9.17) is 0 Å². The molecule has 0 amide bonds. The number of anilines is 1. The third-order valence-electron chi connectivity index (χ3n) is 3.75. The summed E-state index contributed by atoms with van der Waals surface area (Å²) in [5.74, 6) is 0. The molecule has 21 heavy (non-hydrogen) atoms. The molecule has 110 valence electrons. The van der Waals surface area contributed by atoms with E-state index in [9.17, 15) is 13.2 Å². The van der Waals surface area contributed by atoms with Crippen LogP contribution in [-0.2, 0) is 12.6 Å². The fraction of sp³-hybridized carbons (Fsp3) is 0.250. The zero-order chi connectivity index (χ0) is 15.0. The molecule has 3 rings (SSSR count). The van der Waals surface area contributed by atoms with E-state index in [-0.39, 0.29) is 10.5 Å². The highest BCUT2D eigenvalue weighted by Gasteiger charge is 2.33. The van der Waals surface area contributed by atoms with Gasteiger partial charge >= 0.3 is 6.18 Å². The Morgan fingerprint density at radius 3 is 2.62 bits per heavy atom. The zero-order valence-corrected chi connectivity index (χ0v) is 12.6. The van der Waals surface area contributed by atoms with Crippen LogP contribution in [0.2, 0.25) is 0 Å². The molecule has 1 aliphatic rings. The molecule has 0 saturated heterocycles. The molecule has 2 aromatic carbocycles. The van der Waals surface area contributed by atoms with Crippen LogP contribution in [0.1, 0.15) is 29.2 Å². The molecule has 0 bridgehead atoms. The first kappa shape index (κ1) is 14.4. The highest BCUT2D eigenvalue weighted by Crippen LogP contribution is 2.38. The van der Waals surface area contributed by atoms with Gasteiger partial charge in [-0.05, 0) is 42.2 Å². The maximum Gasteiger partial charge on any atom is 0.417 e. The largest absolute Gasteiger partial charge is 0.417 e. The van der Waals surface area contributed by atoms with Crippen molar-refractivity contribution in [1.29, 1.82) is 0 Å². The van der Waals surface area contributed by atoms with E-state index >= 15 is 0 Å². The Morgan fingerprint density at radius 2 is 1.86 bits per heavy atom. The molecule has 5 heteroatoms. The van der Waals surface area contributed by atoms with Crippen LogP contribution in [0, 0.1) is 0 Å². The van der Waals surface area contributed by atoms with Gasteiger partial charge in [0.2, 0.25) is 0 Å². The van der Waals surface area contributed by atoms with Gasteiger partial charge in [0.1, 0.15) is 0 Å². The molecule has 1 N–H and O–H groups in total. The van der Waals surface area contributed by atoms with Crippen molar-refractivity contribution in [3.63, 3.8) is 0 Å². The number of fused-ring (bicyclic) bond motifs is 1. The third-order valence-corrected chi connectivity index (χ3v) is 4.44. The minimum Gasteiger partial charge on any atom is -0.378 e. The van der Waals surface area contributed by atoms with Gasteiger partial charge in [0.05, 0.1) is 11.6 Å². The number of hydrogen-bond acceptors (Lipinski definition) is 1. The van der Waals surface area contributed by atoms with Crippen molar-refractivity contribution in [2.45, 2.75) is 25.1 Å². The standard InChI is InChI=1S/C16H13BrF3N/c17-14-7-6-11(9-13(14)16(18,19)20)21-15-8-5-10-3-1-2-4-12(10)15/h1-4,6-7,9,15,21H,5,8H2. The predicted octanol–water partition coefficient (Wildman–Crippen LogP) is 5.57. The Bertz CT molecular complexity index is 667. The lowest BCUT2D eigenvalue weighted by atomic mass is 10.1. The van der Waals surface area contributed by atoms with Crippen molar-refractivity contribution in [2.75, 3.05) is 5.32 Å². The van der Waals surface area contributed by atoms with Gasteiger partial charge in [-0.25, -0.2) is 0 Å². The average Bonchev–Trinajstić information content (AvgIpc) is 2.83. The van der Waals surface area contributed by atoms with Crippen LogP contribution in [0.15, 0.2) is 46.9 Å². The van der Waals surface area contributed by atoms with Gasteiger partial charge in [0.15, 0.2) is 0 Å². The number of benzene rings is 2. The quantitative estimate of drug-likeness (QED) is 0.742. The van der Waals surface area contributed by atoms with Crippen LogP contribution in [0.25, 0.3) is 0 Å². The average molecular weight is 356 g/mol. The van der Waals surface area contributed by atoms with E-state index in [1.54, 1.807) is 6.07 Å². The van der Waals surface area contributed by atoms with Gasteiger partial charge in [-0.2, -0.15) is 13.2 Å². The summed E-state index contributed by atoms with van der Waals surface area (Å²) in [4.78, 5) is 0. The highest BCUT2D eigenvalue weighted by molar-refractivity contribution is 9.10. The summed E-state index contributed by atoms with van der Waals surface area (Å²) in [6, 6.07) is 12.4. The molecule has 0 spiro atoms. The second-order valence-corrected chi connectivity index (χ2v) is 5.98. The minimum absolute atomic E-state index is 0.0624. The second kappa shape index (κ2) is 5.37. The van der Waals surface area contributed by atoms with Crippen molar-refractivity contribution < 1.29 is 13.2 Å². The van der Waals surface area contributed by atoms with Crippen LogP contribution >= 0.6 is 15.9 Å². The molecule has 0 saturated carbocycles. The topological polar surface area (TPSA) is 12.0 Å². The van der Waals surface area contributed by atoms with E-state index in [2.05, 4.69) is 27.3 Å². The molecule has 1 nitrogen and oxygen atoms in total. The number of rotatable bonds is 2. The lowest BCUT2D eigenvalue weighted by Crippen LogP contribution is -2.10. The normalized spacial score (nSPS) is 17.6. The van der Waals surface area contributed by atoms with Crippen molar-refractivity contribution in [3.05, 3.63) is 63.6 Å². The van der Waals surface area contributed by atoms with Gasteiger partial charge in [-0.3, -0.25) is 0 Å². The van der Waals surface area contributed by atoms with Gasteiger partial charge in [0, 0.05) is 10.2 Å². The van der Waals surface area contributed by atoms with Crippen molar-refractivity contribution in [3.8, 4) is 0 Å². The summed E-state index contributed by atoms with van der Waals surface area (Å²) in [7, 11) is 0. The molecule has 0 fully saturated rings. The van der Waals surface area contributed by atoms with Crippen molar-refractivity contribution in [1.82, 2.24) is 0 Å². The Hall–Kier alpha value is -1.49. The molecule has 0 aliphatic heterocycles. The molecular formula is C16H13BrF3N. The Balaban J connectivity index is 1.87. The molecule has 0 radical (unpaired) electrons. The Kier molecular flexibility index (Phi) is 3.69. The van der Waals surface area contributed by atoms with Gasteiger partial charge < -0.3 is 5.32 Å². The Morgan fingerprint density at radius 1 is 1.10 bits per heavy atom. The maximum atomic E-state index is 12.9. The number of hydrogen-bond donors (Lipinski definition) is 1. The van der Waals surface area contributed by atoms with E-state index in [1.807, 2.05) is 18.2 Å². The molecule has 1 atom stereocenters. The third kappa shape index (κ3) is 2.93. The van der Waals surface area contributed by atoms with E-state index < -0.39 is 11.7 Å². The summed E-state index contributed by atoms with van der Waals surface area (Å²) in [6.45, 7) is 0. The zero-order valence-electron chi connectivity index (χ0n) is 11.0. The molecule has 0 aromatic heterocycles. The van der Waals surface area contributed by atoms with Gasteiger partial charge in [0.25, 0.3) is 0 Å². The molecule has 1 unspecified atom stereocenters. The lowest BCUT2D eigenvalue weighted by Gasteiger charge is -2.17. The summed E-state index contributed by atoms with van der Waals surface area (Å²) >= 11 is 2.96. The van der Waals surface area contributed by atoms with Crippen LogP contribution in [0.4, 0.5) is 18.9 Å².